The Morgan fingerprint density at radius 2 is 1.87 bits per heavy atom. The first-order chi connectivity index (χ1) is 18.9. The van der Waals surface area contributed by atoms with Gasteiger partial charge in [-0.15, -0.1) is 21.5 Å². The van der Waals surface area contributed by atoms with E-state index in [9.17, 15) is 14.7 Å². The summed E-state index contributed by atoms with van der Waals surface area (Å²) in [5.41, 5.74) is 3.14. The minimum Gasteiger partial charge on any atom is -0.508 e. The van der Waals surface area contributed by atoms with Crippen LogP contribution in [0.25, 0.3) is 10.7 Å². The fraction of sp³-hybridized carbons (Fsp3) is 0.345. The van der Waals surface area contributed by atoms with Gasteiger partial charge in [0.05, 0.1) is 4.88 Å². The van der Waals surface area contributed by atoms with Gasteiger partial charge in [0.2, 0.25) is 11.7 Å². The van der Waals surface area contributed by atoms with Crippen LogP contribution < -0.4 is 10.2 Å². The van der Waals surface area contributed by atoms with Crippen LogP contribution in [0, 0.1) is 13.8 Å². The fourth-order valence-corrected chi connectivity index (χ4v) is 5.75. The Morgan fingerprint density at radius 1 is 1.10 bits per heavy atom. The molecule has 9 nitrogen and oxygen atoms in total. The van der Waals surface area contributed by atoms with Crippen LogP contribution in [0.1, 0.15) is 54.8 Å². The maximum atomic E-state index is 14.1. The lowest BCUT2D eigenvalue weighted by Crippen LogP contribution is -2.48. The number of nitrogens with zero attached hydrogens (tertiary/aromatic N) is 5. The van der Waals surface area contributed by atoms with Gasteiger partial charge < -0.3 is 10.4 Å². The Kier molecular flexibility index (Phi) is 8.02. The number of benzene rings is 2. The van der Waals surface area contributed by atoms with Gasteiger partial charge in [-0.05, 0) is 72.7 Å². The second kappa shape index (κ2) is 11.8. The molecule has 2 N–H and O–H groups in total. The highest BCUT2D eigenvalue weighted by atomic mass is 32.1. The number of anilines is 1. The van der Waals surface area contributed by atoms with Crippen molar-refractivity contribution in [1.82, 2.24) is 25.5 Å². The molecule has 0 saturated heterocycles. The summed E-state index contributed by atoms with van der Waals surface area (Å²) in [7, 11) is 0. The van der Waals surface area contributed by atoms with E-state index < -0.39 is 6.04 Å². The molecule has 39 heavy (non-hydrogen) atoms. The molecule has 2 aromatic heterocycles. The first-order valence-corrected chi connectivity index (χ1v) is 14.1. The van der Waals surface area contributed by atoms with E-state index in [2.05, 4.69) is 20.7 Å². The molecule has 0 bridgehead atoms. The monoisotopic (exact) mass is 544 g/mol. The Balaban J connectivity index is 1.53. The van der Waals surface area contributed by atoms with E-state index in [4.69, 9.17) is 0 Å². The number of phenolic OH excluding ortho intramolecular Hbond substituents is 1. The van der Waals surface area contributed by atoms with Crippen LogP contribution in [0.5, 0.6) is 5.75 Å². The van der Waals surface area contributed by atoms with E-state index in [1.165, 1.54) is 39.6 Å². The van der Waals surface area contributed by atoms with Crippen molar-refractivity contribution < 1.29 is 14.7 Å². The number of amides is 2. The number of tetrazole rings is 1. The van der Waals surface area contributed by atoms with Crippen LogP contribution in [0.2, 0.25) is 0 Å². The molecule has 0 radical (unpaired) electrons. The predicted molar refractivity (Wildman–Crippen MR) is 150 cm³/mol. The molecule has 1 saturated carbocycles. The molecule has 1 aliphatic rings. The number of aromatic nitrogens is 4. The van der Waals surface area contributed by atoms with E-state index in [0.29, 0.717) is 17.1 Å². The number of aromatic hydroxyl groups is 1. The van der Waals surface area contributed by atoms with Crippen LogP contribution in [0.4, 0.5) is 5.69 Å². The SMILES string of the molecule is Cc1ccc(N(C(=O)Cn2nnc(-c3cccs3)n2)[C@@H](C(=O)NC2CCCCC2)c2ccc(O)cc2)c(C)c1. The van der Waals surface area contributed by atoms with Gasteiger partial charge in [-0.2, -0.15) is 4.80 Å². The summed E-state index contributed by atoms with van der Waals surface area (Å²) in [6, 6.07) is 15.1. The zero-order valence-corrected chi connectivity index (χ0v) is 22.9. The number of carbonyl (C=O) groups excluding carboxylic acids is 2. The lowest BCUT2D eigenvalue weighted by molar-refractivity contribution is -0.127. The van der Waals surface area contributed by atoms with Gasteiger partial charge in [0.15, 0.2) is 0 Å². The largest absolute Gasteiger partial charge is 0.508 e. The topological polar surface area (TPSA) is 113 Å². The summed E-state index contributed by atoms with van der Waals surface area (Å²) in [4.78, 5) is 31.7. The van der Waals surface area contributed by atoms with Crippen molar-refractivity contribution in [1.29, 1.82) is 0 Å². The highest BCUT2D eigenvalue weighted by molar-refractivity contribution is 7.13. The van der Waals surface area contributed by atoms with Gasteiger partial charge in [0.1, 0.15) is 18.3 Å². The highest BCUT2D eigenvalue weighted by Gasteiger charge is 2.35. The second-order valence-corrected chi connectivity index (χ2v) is 11.0. The Labute approximate surface area is 231 Å². The molecular weight excluding hydrogens is 512 g/mol. The minimum absolute atomic E-state index is 0.0623. The third-order valence-electron chi connectivity index (χ3n) is 7.02. The van der Waals surface area contributed by atoms with Crippen molar-refractivity contribution in [2.24, 2.45) is 0 Å². The molecule has 1 atom stereocenters. The summed E-state index contributed by atoms with van der Waals surface area (Å²) in [5, 5.41) is 27.7. The van der Waals surface area contributed by atoms with Crippen LogP contribution in [-0.2, 0) is 16.1 Å². The fourth-order valence-electron chi connectivity index (χ4n) is 5.11. The standard InChI is InChI=1S/C29H32N6O3S/c1-19-10-15-24(20(2)17-19)35(26(37)18-34-32-28(31-33-34)25-9-6-16-39-25)27(21-11-13-23(36)14-12-21)29(38)30-22-7-4-3-5-8-22/h6,9-17,22,27,36H,3-5,7-8,18H2,1-2H3,(H,30,38)/t27-/m1/s1. The summed E-state index contributed by atoms with van der Waals surface area (Å²) >= 11 is 1.49. The molecule has 10 heteroatoms. The smallest absolute Gasteiger partial charge is 0.251 e. The number of hydrogen-bond donors (Lipinski definition) is 2. The predicted octanol–water partition coefficient (Wildman–Crippen LogP) is 4.95. The Hall–Kier alpha value is -4.05. The number of carbonyl (C=O) groups is 2. The van der Waals surface area contributed by atoms with Crippen molar-refractivity contribution in [2.75, 3.05) is 4.90 Å². The molecule has 0 unspecified atom stereocenters. The van der Waals surface area contributed by atoms with E-state index in [1.807, 2.05) is 49.6 Å². The van der Waals surface area contributed by atoms with Crippen molar-refractivity contribution in [3.05, 3.63) is 76.7 Å². The number of nitrogens with one attached hydrogen (secondary N) is 1. The maximum absolute atomic E-state index is 14.1. The number of thiophene rings is 1. The van der Waals surface area contributed by atoms with Gasteiger partial charge in [-0.3, -0.25) is 14.5 Å². The average molecular weight is 545 g/mol. The molecule has 0 aliphatic heterocycles. The molecule has 5 rings (SSSR count). The van der Waals surface area contributed by atoms with Gasteiger partial charge in [-0.1, -0.05) is 55.2 Å². The lowest BCUT2D eigenvalue weighted by Gasteiger charge is -2.34. The summed E-state index contributed by atoms with van der Waals surface area (Å²) in [5.74, 6) is -0.0795. The highest BCUT2D eigenvalue weighted by Crippen LogP contribution is 2.33. The normalized spacial score (nSPS) is 14.6. The number of phenols is 1. The van der Waals surface area contributed by atoms with Gasteiger partial charge in [-0.25, -0.2) is 0 Å². The van der Waals surface area contributed by atoms with Crippen LogP contribution in [0.3, 0.4) is 0 Å². The first kappa shape index (κ1) is 26.6. The Bertz CT molecular complexity index is 1430. The van der Waals surface area contributed by atoms with E-state index in [0.717, 1.165) is 41.7 Å². The van der Waals surface area contributed by atoms with Gasteiger partial charge >= 0.3 is 0 Å². The molecule has 2 amide bonds. The third kappa shape index (κ3) is 6.17. The molecule has 2 aromatic carbocycles. The Morgan fingerprint density at radius 3 is 2.56 bits per heavy atom. The van der Waals surface area contributed by atoms with Crippen LogP contribution in [-0.4, -0.2) is 43.2 Å². The van der Waals surface area contributed by atoms with Crippen molar-refractivity contribution in [2.45, 2.75) is 64.6 Å². The molecular formula is C29H32N6O3S. The second-order valence-electron chi connectivity index (χ2n) is 10.0. The minimum atomic E-state index is -0.957. The van der Waals surface area contributed by atoms with E-state index >= 15 is 0 Å². The quantitative estimate of drug-likeness (QED) is 0.325. The van der Waals surface area contributed by atoms with Crippen molar-refractivity contribution in [3.63, 3.8) is 0 Å². The average Bonchev–Trinajstić information content (AvgIpc) is 3.61. The number of rotatable bonds is 8. The lowest BCUT2D eigenvalue weighted by atomic mass is 9.94. The molecule has 1 fully saturated rings. The van der Waals surface area contributed by atoms with E-state index in [1.54, 1.807) is 12.1 Å². The third-order valence-corrected chi connectivity index (χ3v) is 7.88. The summed E-state index contributed by atoms with van der Waals surface area (Å²) in [6.07, 6.45) is 5.14. The summed E-state index contributed by atoms with van der Waals surface area (Å²) in [6.45, 7) is 3.72. The summed E-state index contributed by atoms with van der Waals surface area (Å²) < 4.78 is 0. The number of aryl methyl sites for hydroxylation is 2. The molecule has 0 spiro atoms. The first-order valence-electron chi connectivity index (χ1n) is 13.2. The van der Waals surface area contributed by atoms with E-state index in [-0.39, 0.29) is 30.2 Å². The van der Waals surface area contributed by atoms with Crippen LogP contribution in [0.15, 0.2) is 60.0 Å². The molecule has 202 valence electrons. The van der Waals surface area contributed by atoms with Crippen molar-refractivity contribution in [3.8, 4) is 16.5 Å². The van der Waals surface area contributed by atoms with Crippen LogP contribution >= 0.6 is 11.3 Å². The van der Waals surface area contributed by atoms with Crippen molar-refractivity contribution >= 4 is 28.8 Å². The number of hydrogen-bond acceptors (Lipinski definition) is 7. The zero-order valence-electron chi connectivity index (χ0n) is 22.1. The van der Waals surface area contributed by atoms with Gasteiger partial charge in [0, 0.05) is 11.7 Å². The van der Waals surface area contributed by atoms with Gasteiger partial charge in [0.25, 0.3) is 5.91 Å². The molecule has 4 aromatic rings. The maximum Gasteiger partial charge on any atom is 0.251 e. The molecule has 1 aliphatic carbocycles. The molecule has 2 heterocycles. The zero-order chi connectivity index (χ0) is 27.4.